The molecule has 1 amide bonds. The van der Waals surface area contributed by atoms with Gasteiger partial charge in [-0.1, -0.05) is 18.2 Å². The molecular weight excluding hydrogens is 758 g/mol. The molecule has 1 aliphatic carbocycles. The van der Waals surface area contributed by atoms with Gasteiger partial charge in [0.05, 0.1) is 29.2 Å². The van der Waals surface area contributed by atoms with Crippen molar-refractivity contribution >= 4 is 59.7 Å². The maximum Gasteiger partial charge on any atom is 0.418 e. The van der Waals surface area contributed by atoms with Crippen LogP contribution in [0.5, 0.6) is 0 Å². The van der Waals surface area contributed by atoms with Crippen molar-refractivity contribution in [2.24, 2.45) is 17.4 Å². The number of hydrogen-bond acceptors (Lipinski definition) is 10. The van der Waals surface area contributed by atoms with Crippen LogP contribution in [0.2, 0.25) is 0 Å². The topological polar surface area (TPSA) is 258 Å². The third-order valence-electron chi connectivity index (χ3n) is 8.36. The van der Waals surface area contributed by atoms with Crippen LogP contribution in [-0.2, 0) is 31.2 Å². The average Bonchev–Trinajstić information content (AvgIpc) is 3.47. The van der Waals surface area contributed by atoms with Crippen LogP contribution in [0.25, 0.3) is 38.8 Å². The van der Waals surface area contributed by atoms with E-state index < -0.39 is 49.9 Å². The zero-order valence-corrected chi connectivity index (χ0v) is 30.4. The van der Waals surface area contributed by atoms with E-state index >= 15 is 0 Å². The molecule has 20 heteroatoms. The first-order chi connectivity index (χ1) is 25.0. The predicted molar refractivity (Wildman–Crippen MR) is 195 cm³/mol. The van der Waals surface area contributed by atoms with Crippen molar-refractivity contribution in [2.75, 3.05) is 17.8 Å². The number of halogens is 3. The number of aliphatic carboxylic acids is 1. The smallest absolute Gasteiger partial charge is 0.418 e. The number of nitrogens with one attached hydrogen (secondary N) is 1. The zero-order valence-electron chi connectivity index (χ0n) is 28.7. The van der Waals surface area contributed by atoms with E-state index in [2.05, 4.69) is 15.3 Å². The summed E-state index contributed by atoms with van der Waals surface area (Å²) >= 11 is 0. The number of fused-ring (bicyclic) bond motifs is 2. The lowest BCUT2D eigenvalue weighted by molar-refractivity contribution is -0.140. The Morgan fingerprint density at radius 3 is 2.13 bits per heavy atom. The van der Waals surface area contributed by atoms with Crippen molar-refractivity contribution in [3.63, 3.8) is 0 Å². The van der Waals surface area contributed by atoms with E-state index in [1.807, 2.05) is 24.3 Å². The van der Waals surface area contributed by atoms with Crippen LogP contribution in [0.3, 0.4) is 0 Å². The Bertz CT molecular complexity index is 2350. The fourth-order valence-electron chi connectivity index (χ4n) is 6.08. The van der Waals surface area contributed by atoms with Crippen molar-refractivity contribution < 1.29 is 53.8 Å². The predicted octanol–water partition coefficient (Wildman–Crippen LogP) is 4.75. The molecular formula is C34H37F3N6O9S2. The van der Waals surface area contributed by atoms with Gasteiger partial charge in [0.2, 0.25) is 0 Å². The van der Waals surface area contributed by atoms with Gasteiger partial charge in [-0.2, -0.15) is 30.0 Å². The molecule has 5 aromatic rings. The first kappa shape index (κ1) is 41.6. The van der Waals surface area contributed by atoms with E-state index in [1.165, 1.54) is 22.9 Å². The van der Waals surface area contributed by atoms with Crippen LogP contribution in [0, 0.1) is 5.92 Å². The van der Waals surface area contributed by atoms with Crippen molar-refractivity contribution in [3.8, 4) is 16.8 Å². The monoisotopic (exact) mass is 794 g/mol. The van der Waals surface area contributed by atoms with Gasteiger partial charge in [-0.05, 0) is 73.6 Å². The van der Waals surface area contributed by atoms with Gasteiger partial charge in [0.15, 0.2) is 0 Å². The van der Waals surface area contributed by atoms with Crippen LogP contribution in [0.15, 0.2) is 73.2 Å². The Morgan fingerprint density at radius 1 is 0.944 bits per heavy atom. The minimum atomic E-state index is -4.69. The number of nitrogens with two attached hydrogens (primary N) is 2. The average molecular weight is 795 g/mol. The van der Waals surface area contributed by atoms with Crippen LogP contribution in [-0.4, -0.2) is 82.1 Å². The Kier molecular flexibility index (Phi) is 12.7. The highest BCUT2D eigenvalue weighted by Crippen LogP contribution is 2.42. The van der Waals surface area contributed by atoms with Gasteiger partial charge < -0.3 is 26.5 Å². The van der Waals surface area contributed by atoms with E-state index in [4.69, 9.17) is 20.6 Å². The lowest BCUT2D eigenvalue weighted by Crippen LogP contribution is -2.41. The summed E-state index contributed by atoms with van der Waals surface area (Å²) in [7, 11) is -7.33. The van der Waals surface area contributed by atoms with Gasteiger partial charge in [0.25, 0.3) is 26.1 Å². The molecule has 1 unspecified atom stereocenters. The van der Waals surface area contributed by atoms with E-state index in [9.17, 15) is 44.7 Å². The summed E-state index contributed by atoms with van der Waals surface area (Å²) < 4.78 is 96.6. The van der Waals surface area contributed by atoms with E-state index in [0.29, 0.717) is 60.7 Å². The van der Waals surface area contributed by atoms with Crippen LogP contribution < -0.4 is 16.8 Å². The molecule has 0 spiro atoms. The molecule has 8 N–H and O–H groups in total. The van der Waals surface area contributed by atoms with Crippen LogP contribution in [0.4, 0.5) is 18.9 Å². The molecule has 0 bridgehead atoms. The van der Waals surface area contributed by atoms with E-state index in [0.717, 1.165) is 17.1 Å². The summed E-state index contributed by atoms with van der Waals surface area (Å²) in [5.41, 5.74) is 13.2. The fraction of sp³-hybridized carbons (Fsp3) is 0.294. The first-order valence-corrected chi connectivity index (χ1v) is 19.7. The molecule has 1 aliphatic rings. The summed E-state index contributed by atoms with van der Waals surface area (Å²) in [4.78, 5) is 32.4. The molecule has 0 saturated heterocycles. The summed E-state index contributed by atoms with van der Waals surface area (Å²) in [6.45, 7) is 0. The van der Waals surface area contributed by atoms with Crippen molar-refractivity contribution in [3.05, 3.63) is 84.3 Å². The highest BCUT2D eigenvalue weighted by atomic mass is 32.2. The summed E-state index contributed by atoms with van der Waals surface area (Å²) in [5, 5.41) is 13.3. The van der Waals surface area contributed by atoms with Gasteiger partial charge in [-0.3, -0.25) is 23.7 Å². The number of rotatable bonds is 7. The molecule has 0 radical (unpaired) electrons. The van der Waals surface area contributed by atoms with Crippen LogP contribution >= 0.6 is 0 Å². The maximum atomic E-state index is 14.5. The number of benzene rings is 2. The number of carbonyl (C=O) groups excluding carboxylic acids is 1. The summed E-state index contributed by atoms with van der Waals surface area (Å²) in [6, 6.07) is 14.2. The van der Waals surface area contributed by atoms with Gasteiger partial charge >= 0.3 is 12.1 Å². The number of para-hydroxylation sites is 1. The van der Waals surface area contributed by atoms with E-state index in [-0.39, 0.29) is 28.6 Å². The molecule has 2 aromatic carbocycles. The van der Waals surface area contributed by atoms with Crippen molar-refractivity contribution in [1.82, 2.24) is 14.5 Å². The van der Waals surface area contributed by atoms with E-state index in [1.54, 1.807) is 24.4 Å². The van der Waals surface area contributed by atoms with Gasteiger partial charge in [-0.15, -0.1) is 0 Å². The fourth-order valence-corrected chi connectivity index (χ4v) is 6.08. The second-order valence-corrected chi connectivity index (χ2v) is 15.5. The normalized spacial score (nSPS) is 16.7. The molecule has 54 heavy (non-hydrogen) atoms. The molecule has 0 aliphatic heterocycles. The minimum Gasteiger partial charge on any atom is -0.480 e. The number of primary amides is 1. The zero-order chi connectivity index (χ0) is 40.2. The van der Waals surface area contributed by atoms with Crippen molar-refractivity contribution in [2.45, 2.75) is 43.9 Å². The number of hydrogen-bond donors (Lipinski definition) is 6. The second-order valence-electron chi connectivity index (χ2n) is 12.6. The summed E-state index contributed by atoms with van der Waals surface area (Å²) in [6.07, 6.45) is 3.12. The number of nitrogens with zero attached hydrogens (tertiary/aromatic N) is 3. The quantitative estimate of drug-likeness (QED) is 0.122. The number of alkyl halides is 3. The van der Waals surface area contributed by atoms with Gasteiger partial charge in [-0.25, -0.2) is 4.98 Å². The SMILES string of the molecule is CS(=O)(=O)O.CS(=O)(=O)O.NC(=O)c1ccc(-n2cc(C(F)(F)F)c3c(-c4cnc5ccccc5c4)ccnc32)cc1N[C@H]1CC[C@H](C(N)C(=O)O)CC1. The molecule has 290 valence electrons. The highest BCUT2D eigenvalue weighted by Gasteiger charge is 2.37. The third-order valence-corrected chi connectivity index (χ3v) is 8.36. The number of anilines is 1. The number of pyridine rings is 2. The molecule has 6 rings (SSSR count). The minimum absolute atomic E-state index is 0.0707. The van der Waals surface area contributed by atoms with Gasteiger partial charge in [0.1, 0.15) is 11.7 Å². The molecule has 15 nitrogen and oxygen atoms in total. The highest BCUT2D eigenvalue weighted by molar-refractivity contribution is 7.85. The Hall–Kier alpha value is -5.15. The van der Waals surface area contributed by atoms with Crippen molar-refractivity contribution in [1.29, 1.82) is 0 Å². The second kappa shape index (κ2) is 16.5. The first-order valence-electron chi connectivity index (χ1n) is 16.0. The Balaban J connectivity index is 0.000000577. The number of carboxylic acids is 1. The number of aromatic nitrogens is 3. The number of carbonyl (C=O) groups is 2. The Morgan fingerprint density at radius 2 is 1.56 bits per heavy atom. The Labute approximate surface area is 307 Å². The molecule has 1 saturated carbocycles. The van der Waals surface area contributed by atoms with Crippen LogP contribution in [0.1, 0.15) is 41.6 Å². The number of amides is 1. The largest absolute Gasteiger partial charge is 0.480 e. The lowest BCUT2D eigenvalue weighted by Gasteiger charge is -2.32. The maximum absolute atomic E-state index is 14.5. The van der Waals surface area contributed by atoms with Gasteiger partial charge in [0, 0.05) is 52.3 Å². The molecule has 1 fully saturated rings. The number of carboxylic acid groups (broad SMARTS) is 1. The molecule has 3 aromatic heterocycles. The molecule has 1 atom stereocenters. The standard InChI is InChI=1S/C32H29F3N6O3.2CH4O3S/c33-32(34,35)24-16-41(30-27(24)22(11-12-38-30)19-13-18-3-1-2-4-25(18)39-15-19)21-9-10-23(29(37)42)26(14-21)40-20-7-5-17(6-8-20)28(36)31(43)44;2*1-5(2,3)4/h1-4,9-17,20,28,40H,5-8,36H2,(H2,37,42)(H,43,44);2*1H3,(H,2,3,4)/t17-,20-,28?;;. The third kappa shape index (κ3) is 11.2. The molecule has 3 heterocycles. The lowest BCUT2D eigenvalue weighted by atomic mass is 9.81. The summed E-state index contributed by atoms with van der Waals surface area (Å²) in [5.74, 6) is -1.91.